The fourth-order valence-corrected chi connectivity index (χ4v) is 5.10. The third kappa shape index (κ3) is 9.57. The Morgan fingerprint density at radius 2 is 0.955 bits per heavy atom. The molecule has 5 rings (SSSR count). The van der Waals surface area contributed by atoms with Crippen LogP contribution >= 0.6 is 0 Å². The van der Waals surface area contributed by atoms with E-state index >= 15 is 0 Å². The summed E-state index contributed by atoms with van der Waals surface area (Å²) < 4.78 is 38.8. The molecule has 5 atom stereocenters. The highest BCUT2D eigenvalue weighted by Crippen LogP contribution is 2.31. The minimum absolute atomic E-state index is 0.206. The number of ether oxygens (including phenoxy) is 6. The summed E-state index contributed by atoms with van der Waals surface area (Å²) >= 11 is 0. The normalized spacial score (nSPS) is 21.5. The third-order valence-corrected chi connectivity index (χ3v) is 7.33. The van der Waals surface area contributed by atoms with E-state index in [0.29, 0.717) is 26.4 Å². The van der Waals surface area contributed by atoms with Gasteiger partial charge in [-0.15, -0.1) is 0 Å². The summed E-state index contributed by atoms with van der Waals surface area (Å²) in [7, 11) is 0. The van der Waals surface area contributed by atoms with Crippen molar-refractivity contribution in [2.75, 3.05) is 19.8 Å². The maximum atomic E-state index is 7.25. The van der Waals surface area contributed by atoms with Crippen LogP contribution in [0.1, 0.15) is 22.3 Å². The molecule has 0 amide bonds. The number of rotatable bonds is 16. The molecular formula is C37H39NO6. The van der Waals surface area contributed by atoms with Gasteiger partial charge in [-0.1, -0.05) is 121 Å². The lowest BCUT2D eigenvalue weighted by atomic mass is 9.97. The van der Waals surface area contributed by atoms with Crippen LogP contribution in [0.15, 0.2) is 121 Å². The van der Waals surface area contributed by atoms with E-state index in [1.165, 1.54) is 0 Å². The van der Waals surface area contributed by atoms with Crippen LogP contribution in [0.2, 0.25) is 0 Å². The first-order valence-corrected chi connectivity index (χ1v) is 15.0. The summed E-state index contributed by atoms with van der Waals surface area (Å²) in [5, 5.41) is 0. The van der Waals surface area contributed by atoms with Gasteiger partial charge in [0.1, 0.15) is 31.0 Å². The molecule has 0 aliphatic carbocycles. The van der Waals surface area contributed by atoms with Crippen molar-refractivity contribution in [3.63, 3.8) is 0 Å². The van der Waals surface area contributed by atoms with Crippen LogP contribution in [0.4, 0.5) is 0 Å². The highest BCUT2D eigenvalue weighted by atomic mass is 16.7. The third-order valence-electron chi connectivity index (χ3n) is 7.33. The quantitative estimate of drug-likeness (QED) is 0.108. The summed E-state index contributed by atoms with van der Waals surface area (Å²) in [6.45, 7) is 9.42. The highest BCUT2D eigenvalue weighted by Gasteiger charge is 2.49. The minimum atomic E-state index is -0.789. The van der Waals surface area contributed by atoms with Crippen molar-refractivity contribution in [3.05, 3.63) is 155 Å². The summed E-state index contributed by atoms with van der Waals surface area (Å²) in [6.07, 6.45) is -3.02. The van der Waals surface area contributed by atoms with Gasteiger partial charge in [-0.3, -0.25) is 0 Å². The predicted octanol–water partition coefficient (Wildman–Crippen LogP) is 6.62. The topological polar surface area (TPSA) is 59.7 Å². The molecule has 1 aliphatic rings. The van der Waals surface area contributed by atoms with Crippen molar-refractivity contribution in [1.82, 2.24) is 0 Å². The Balaban J connectivity index is 1.42. The molecule has 228 valence electrons. The van der Waals surface area contributed by atoms with Crippen LogP contribution in [-0.4, -0.2) is 50.5 Å². The summed E-state index contributed by atoms with van der Waals surface area (Å²) in [5.74, 6) is 0. The van der Waals surface area contributed by atoms with Crippen molar-refractivity contribution in [2.45, 2.75) is 57.1 Å². The summed E-state index contributed by atoms with van der Waals surface area (Å²) in [6, 6.07) is 40.1. The van der Waals surface area contributed by atoms with E-state index < -0.39 is 30.7 Å². The number of nitrogens with zero attached hydrogens (tertiary/aromatic N) is 1. The van der Waals surface area contributed by atoms with Gasteiger partial charge in [-0.05, 0) is 22.3 Å². The molecular weight excluding hydrogens is 554 g/mol. The lowest BCUT2D eigenvalue weighted by Crippen LogP contribution is -2.61. The molecule has 1 heterocycles. The Hall–Kier alpha value is -3.87. The fourth-order valence-electron chi connectivity index (χ4n) is 5.10. The molecule has 1 aliphatic heterocycles. The standard InChI is InChI=1S/C37H39NO6/c1-38-22-23-40-37-36(43-27-32-20-12-5-13-21-32)35(42-26-31-18-10-4-11-19-31)34(41-25-30-16-8-3-9-17-30)33(44-37)28-39-24-29-14-6-2-7-15-29/h2-21,33-37H,22-28H2/t33-,34-,35+,36+,37?/m1/s1. The van der Waals surface area contributed by atoms with Gasteiger partial charge in [0.05, 0.1) is 33.0 Å². The Labute approximate surface area is 260 Å². The summed E-state index contributed by atoms with van der Waals surface area (Å²) in [5.41, 5.74) is 4.15. The van der Waals surface area contributed by atoms with E-state index in [1.807, 2.05) is 121 Å². The molecule has 4 aromatic rings. The van der Waals surface area contributed by atoms with E-state index in [0.717, 1.165) is 22.3 Å². The van der Waals surface area contributed by atoms with Crippen molar-refractivity contribution >= 4 is 0 Å². The van der Waals surface area contributed by atoms with Gasteiger partial charge in [0.15, 0.2) is 6.29 Å². The van der Waals surface area contributed by atoms with Gasteiger partial charge >= 0.3 is 0 Å². The molecule has 1 fully saturated rings. The second-order valence-electron chi connectivity index (χ2n) is 10.6. The smallest absolute Gasteiger partial charge is 0.237 e. The Morgan fingerprint density at radius 1 is 0.523 bits per heavy atom. The zero-order chi connectivity index (χ0) is 30.2. The van der Waals surface area contributed by atoms with E-state index in [-0.39, 0.29) is 19.8 Å². The SMILES string of the molecule is [C-]#[N+]CCOC1O[C@H](COCc2ccccc2)[C@@H](OCc2ccccc2)[C@H](OCc2ccccc2)[C@@H]1OCc1ccccc1. The van der Waals surface area contributed by atoms with Crippen molar-refractivity contribution < 1.29 is 28.4 Å². The van der Waals surface area contributed by atoms with Gasteiger partial charge in [0.25, 0.3) is 0 Å². The molecule has 0 radical (unpaired) electrons. The molecule has 1 unspecified atom stereocenters. The van der Waals surface area contributed by atoms with E-state index in [4.69, 9.17) is 35.0 Å². The van der Waals surface area contributed by atoms with Gasteiger partial charge in [-0.25, -0.2) is 6.57 Å². The van der Waals surface area contributed by atoms with Crippen LogP contribution in [0, 0.1) is 6.57 Å². The summed E-state index contributed by atoms with van der Waals surface area (Å²) in [4.78, 5) is 3.46. The first-order valence-electron chi connectivity index (χ1n) is 15.0. The Bertz CT molecular complexity index is 1380. The maximum Gasteiger partial charge on any atom is 0.237 e. The van der Waals surface area contributed by atoms with Crippen molar-refractivity contribution in [2.24, 2.45) is 0 Å². The monoisotopic (exact) mass is 593 g/mol. The zero-order valence-electron chi connectivity index (χ0n) is 24.8. The Morgan fingerprint density at radius 3 is 1.43 bits per heavy atom. The fraction of sp³-hybridized carbons (Fsp3) is 0.324. The zero-order valence-corrected chi connectivity index (χ0v) is 24.8. The lowest BCUT2D eigenvalue weighted by molar-refractivity contribution is -0.327. The van der Waals surface area contributed by atoms with E-state index in [2.05, 4.69) is 4.85 Å². The second kappa shape index (κ2) is 17.4. The van der Waals surface area contributed by atoms with Crippen LogP contribution in [0.25, 0.3) is 4.85 Å². The second-order valence-corrected chi connectivity index (χ2v) is 10.6. The lowest BCUT2D eigenvalue weighted by Gasteiger charge is -2.45. The molecule has 7 nitrogen and oxygen atoms in total. The molecule has 4 aromatic carbocycles. The molecule has 0 bridgehead atoms. The largest absolute Gasteiger partial charge is 0.374 e. The molecule has 7 heteroatoms. The van der Waals surface area contributed by atoms with Crippen molar-refractivity contribution in [1.29, 1.82) is 0 Å². The van der Waals surface area contributed by atoms with Gasteiger partial charge in [0.2, 0.25) is 6.54 Å². The number of hydrogen-bond acceptors (Lipinski definition) is 6. The minimum Gasteiger partial charge on any atom is -0.374 e. The van der Waals surface area contributed by atoms with Crippen LogP contribution in [0.3, 0.4) is 0 Å². The number of benzene rings is 4. The average molecular weight is 594 g/mol. The van der Waals surface area contributed by atoms with Crippen LogP contribution < -0.4 is 0 Å². The highest BCUT2D eigenvalue weighted by molar-refractivity contribution is 5.16. The molecule has 0 saturated carbocycles. The maximum absolute atomic E-state index is 7.25. The van der Waals surface area contributed by atoms with Gasteiger partial charge < -0.3 is 33.3 Å². The van der Waals surface area contributed by atoms with E-state index in [9.17, 15) is 0 Å². The average Bonchev–Trinajstić information content (AvgIpc) is 3.08. The van der Waals surface area contributed by atoms with Crippen molar-refractivity contribution in [3.8, 4) is 0 Å². The molecule has 0 aromatic heterocycles. The molecule has 0 N–H and O–H groups in total. The molecule has 0 spiro atoms. The molecule has 1 saturated heterocycles. The Kier molecular flexibility index (Phi) is 12.5. The van der Waals surface area contributed by atoms with Gasteiger partial charge in [0, 0.05) is 0 Å². The van der Waals surface area contributed by atoms with E-state index in [1.54, 1.807) is 0 Å². The van der Waals surface area contributed by atoms with Gasteiger partial charge in [-0.2, -0.15) is 0 Å². The predicted molar refractivity (Wildman–Crippen MR) is 167 cm³/mol. The van der Waals surface area contributed by atoms with Crippen LogP contribution in [0.5, 0.6) is 0 Å². The first-order chi connectivity index (χ1) is 21.8. The van der Waals surface area contributed by atoms with Crippen LogP contribution in [-0.2, 0) is 54.8 Å². The number of hydrogen-bond donors (Lipinski definition) is 0. The molecule has 44 heavy (non-hydrogen) atoms. The first kappa shape index (κ1) is 31.6.